The minimum Gasteiger partial charge on any atom is -0.340 e. The molecule has 1 atom stereocenters. The number of nitrogens with zero attached hydrogens (tertiary/aromatic N) is 3. The van der Waals surface area contributed by atoms with Crippen LogP contribution in [0.2, 0.25) is 0 Å². The van der Waals surface area contributed by atoms with Crippen LogP contribution in [0.25, 0.3) is 11.0 Å². The number of piperazine rings is 1. The second kappa shape index (κ2) is 5.81. The number of aromatic amines is 1. The van der Waals surface area contributed by atoms with Crippen LogP contribution in [0, 0.1) is 0 Å². The number of anilines is 1. The molecular formula is C15H23N5. The second-order valence-electron chi connectivity index (χ2n) is 5.53. The van der Waals surface area contributed by atoms with Crippen LogP contribution in [0.15, 0.2) is 24.3 Å². The third-order valence-electron chi connectivity index (χ3n) is 4.07. The van der Waals surface area contributed by atoms with Crippen molar-refractivity contribution in [3.63, 3.8) is 0 Å². The van der Waals surface area contributed by atoms with Crippen molar-refractivity contribution < 1.29 is 0 Å². The predicted molar refractivity (Wildman–Crippen MR) is 83.0 cm³/mol. The topological polar surface area (TPSA) is 61.2 Å². The Balaban J connectivity index is 1.63. The molecule has 1 saturated heterocycles. The van der Waals surface area contributed by atoms with Crippen LogP contribution < -0.4 is 10.6 Å². The van der Waals surface area contributed by atoms with Gasteiger partial charge in [-0.1, -0.05) is 19.1 Å². The third-order valence-corrected chi connectivity index (χ3v) is 4.07. The van der Waals surface area contributed by atoms with Crippen LogP contribution in [0.1, 0.15) is 13.3 Å². The van der Waals surface area contributed by atoms with Gasteiger partial charge in [0, 0.05) is 38.8 Å². The highest BCUT2D eigenvalue weighted by atomic mass is 15.3. The van der Waals surface area contributed by atoms with Crippen molar-refractivity contribution in [1.29, 1.82) is 0 Å². The van der Waals surface area contributed by atoms with Crippen LogP contribution in [-0.4, -0.2) is 53.6 Å². The van der Waals surface area contributed by atoms with E-state index in [2.05, 4.69) is 32.8 Å². The van der Waals surface area contributed by atoms with Crippen molar-refractivity contribution in [2.24, 2.45) is 5.73 Å². The van der Waals surface area contributed by atoms with Gasteiger partial charge in [0.05, 0.1) is 11.0 Å². The average molecular weight is 273 g/mol. The molecule has 1 aromatic carbocycles. The molecule has 0 spiro atoms. The third kappa shape index (κ3) is 2.78. The Hall–Kier alpha value is -1.59. The monoisotopic (exact) mass is 273 g/mol. The first-order chi connectivity index (χ1) is 9.76. The summed E-state index contributed by atoms with van der Waals surface area (Å²) in [5, 5.41) is 0. The quantitative estimate of drug-likeness (QED) is 0.884. The van der Waals surface area contributed by atoms with Crippen LogP contribution in [-0.2, 0) is 0 Å². The van der Waals surface area contributed by atoms with Crippen LogP contribution in [0.4, 0.5) is 5.95 Å². The van der Waals surface area contributed by atoms with Gasteiger partial charge in [-0.25, -0.2) is 4.98 Å². The summed E-state index contributed by atoms with van der Waals surface area (Å²) in [4.78, 5) is 12.8. The Labute approximate surface area is 119 Å². The smallest absolute Gasteiger partial charge is 0.203 e. The van der Waals surface area contributed by atoms with Crippen molar-refractivity contribution in [3.8, 4) is 0 Å². The molecule has 0 aliphatic carbocycles. The van der Waals surface area contributed by atoms with Gasteiger partial charge in [-0.05, 0) is 18.6 Å². The van der Waals surface area contributed by atoms with Crippen LogP contribution in [0.3, 0.4) is 0 Å². The number of rotatable bonds is 4. The fourth-order valence-corrected chi connectivity index (χ4v) is 2.69. The lowest BCUT2D eigenvalue weighted by molar-refractivity contribution is 0.240. The van der Waals surface area contributed by atoms with E-state index in [0.29, 0.717) is 6.04 Å². The molecule has 0 saturated carbocycles. The van der Waals surface area contributed by atoms with E-state index in [9.17, 15) is 0 Å². The summed E-state index contributed by atoms with van der Waals surface area (Å²) in [6.45, 7) is 7.29. The molecule has 1 aromatic heterocycles. The number of nitrogens with two attached hydrogens (primary N) is 1. The second-order valence-corrected chi connectivity index (χ2v) is 5.53. The Morgan fingerprint density at radius 1 is 1.25 bits per heavy atom. The van der Waals surface area contributed by atoms with Gasteiger partial charge in [-0.2, -0.15) is 0 Å². The molecule has 0 radical (unpaired) electrons. The van der Waals surface area contributed by atoms with E-state index in [1.54, 1.807) is 0 Å². The Morgan fingerprint density at radius 2 is 2.00 bits per heavy atom. The highest BCUT2D eigenvalue weighted by Crippen LogP contribution is 2.18. The minimum absolute atomic E-state index is 0.299. The Morgan fingerprint density at radius 3 is 2.70 bits per heavy atom. The molecule has 5 nitrogen and oxygen atoms in total. The van der Waals surface area contributed by atoms with E-state index in [1.807, 2.05) is 18.2 Å². The fraction of sp³-hybridized carbons (Fsp3) is 0.533. The van der Waals surface area contributed by atoms with Crippen molar-refractivity contribution in [3.05, 3.63) is 24.3 Å². The molecule has 0 amide bonds. The molecule has 1 fully saturated rings. The van der Waals surface area contributed by atoms with E-state index in [-0.39, 0.29) is 0 Å². The first-order valence-corrected chi connectivity index (χ1v) is 7.44. The predicted octanol–water partition coefficient (Wildman–Crippen LogP) is 1.42. The van der Waals surface area contributed by atoms with Gasteiger partial charge in [0.15, 0.2) is 0 Å². The molecule has 1 aliphatic heterocycles. The number of para-hydroxylation sites is 2. The molecule has 20 heavy (non-hydrogen) atoms. The molecule has 3 N–H and O–H groups in total. The van der Waals surface area contributed by atoms with Crippen molar-refractivity contribution in [2.45, 2.75) is 19.4 Å². The molecule has 1 aliphatic rings. The van der Waals surface area contributed by atoms with Crippen molar-refractivity contribution in [2.75, 3.05) is 37.6 Å². The molecule has 0 bridgehead atoms. The highest BCUT2D eigenvalue weighted by molar-refractivity contribution is 5.77. The number of H-pyrrole nitrogens is 1. The fourth-order valence-electron chi connectivity index (χ4n) is 2.69. The number of hydrogen-bond donors (Lipinski definition) is 2. The maximum atomic E-state index is 6.03. The van der Waals surface area contributed by atoms with Gasteiger partial charge in [0.2, 0.25) is 5.95 Å². The lowest BCUT2D eigenvalue weighted by Gasteiger charge is -2.35. The molecule has 2 heterocycles. The van der Waals surface area contributed by atoms with Gasteiger partial charge in [0.25, 0.3) is 0 Å². The zero-order valence-electron chi connectivity index (χ0n) is 12.0. The maximum absolute atomic E-state index is 6.03. The summed E-state index contributed by atoms with van der Waals surface area (Å²) < 4.78 is 0. The summed E-state index contributed by atoms with van der Waals surface area (Å²) in [6, 6.07) is 8.48. The first-order valence-electron chi connectivity index (χ1n) is 7.44. The number of imidazole rings is 1. The summed E-state index contributed by atoms with van der Waals surface area (Å²) in [5.41, 5.74) is 8.18. The zero-order valence-corrected chi connectivity index (χ0v) is 12.0. The number of aromatic nitrogens is 2. The number of nitrogens with one attached hydrogen (secondary N) is 1. The van der Waals surface area contributed by atoms with Crippen LogP contribution in [0.5, 0.6) is 0 Å². The Bertz CT molecular complexity index is 523. The molecule has 1 unspecified atom stereocenters. The van der Waals surface area contributed by atoms with E-state index in [4.69, 9.17) is 5.73 Å². The van der Waals surface area contributed by atoms with Gasteiger partial charge in [-0.3, -0.25) is 4.90 Å². The summed E-state index contributed by atoms with van der Waals surface area (Å²) in [5.74, 6) is 0.991. The van der Waals surface area contributed by atoms with Crippen LogP contribution >= 0.6 is 0 Å². The van der Waals surface area contributed by atoms with Gasteiger partial charge in [-0.15, -0.1) is 0 Å². The summed E-state index contributed by atoms with van der Waals surface area (Å²) in [6.07, 6.45) is 1.05. The van der Waals surface area contributed by atoms with Gasteiger partial charge < -0.3 is 15.6 Å². The first kappa shape index (κ1) is 13.4. The lowest BCUT2D eigenvalue weighted by atomic mass is 10.2. The average Bonchev–Trinajstić information content (AvgIpc) is 2.91. The standard InChI is InChI=1S/C15H23N5/c1-2-12(16)11-19-7-9-20(10-8-19)15-17-13-5-3-4-6-14(13)18-15/h3-6,12H,2,7-11,16H2,1H3,(H,17,18). The molecule has 2 aromatic rings. The van der Waals surface area contributed by atoms with E-state index < -0.39 is 0 Å². The SMILES string of the molecule is CCC(N)CN1CCN(c2nc3ccccc3[nH]2)CC1. The largest absolute Gasteiger partial charge is 0.340 e. The molecule has 3 rings (SSSR count). The van der Waals surface area contributed by atoms with E-state index in [0.717, 1.165) is 56.1 Å². The van der Waals surface area contributed by atoms with Gasteiger partial charge in [0.1, 0.15) is 0 Å². The number of benzene rings is 1. The summed E-state index contributed by atoms with van der Waals surface area (Å²) in [7, 11) is 0. The highest BCUT2D eigenvalue weighted by Gasteiger charge is 2.20. The minimum atomic E-state index is 0.299. The van der Waals surface area contributed by atoms with E-state index in [1.165, 1.54) is 0 Å². The zero-order chi connectivity index (χ0) is 13.9. The number of fused-ring (bicyclic) bond motifs is 1. The maximum Gasteiger partial charge on any atom is 0.203 e. The normalized spacial score (nSPS) is 18.6. The Kier molecular flexibility index (Phi) is 3.89. The van der Waals surface area contributed by atoms with Gasteiger partial charge >= 0.3 is 0 Å². The lowest BCUT2D eigenvalue weighted by Crippen LogP contribution is -2.50. The molecule has 108 valence electrons. The van der Waals surface area contributed by atoms with Crippen molar-refractivity contribution in [1.82, 2.24) is 14.9 Å². The molecular weight excluding hydrogens is 250 g/mol. The van der Waals surface area contributed by atoms with Crippen molar-refractivity contribution >= 4 is 17.0 Å². The van der Waals surface area contributed by atoms with E-state index >= 15 is 0 Å². The summed E-state index contributed by atoms with van der Waals surface area (Å²) >= 11 is 0. The molecule has 5 heteroatoms. The number of hydrogen-bond acceptors (Lipinski definition) is 4.